The molecule has 98 valence electrons. The molecular weight excluding hydrogens is 284 g/mol. The second-order valence-electron chi connectivity index (χ2n) is 3.93. The first-order valence-electron chi connectivity index (χ1n) is 5.44. The Morgan fingerprint density at radius 2 is 2.11 bits per heavy atom. The number of hydrogen-bond donors (Lipinski definition) is 2. The first-order chi connectivity index (χ1) is 9.04. The van der Waals surface area contributed by atoms with Crippen LogP contribution < -0.4 is 4.72 Å². The number of thiazole rings is 1. The van der Waals surface area contributed by atoms with Gasteiger partial charge in [0.25, 0.3) is 10.0 Å². The lowest BCUT2D eigenvalue weighted by atomic mass is 10.3. The van der Waals surface area contributed by atoms with Crippen LogP contribution in [0.1, 0.15) is 5.82 Å². The maximum atomic E-state index is 12.1. The number of rotatable bonds is 3. The molecule has 8 heteroatoms. The molecule has 0 fully saturated rings. The SMILES string of the molecule is Cc1ncc(S(=O)(=O)Nc2nc3ccccc3s2)[nH]1. The standard InChI is InChI=1S/C11H10N4O2S2/c1-7-12-6-10(13-7)19(16,17)15-11-14-8-4-2-3-5-9(8)18-11/h2-6H,1H3,(H,12,13)(H,14,15). The van der Waals surface area contributed by atoms with E-state index in [0.29, 0.717) is 11.0 Å². The van der Waals surface area contributed by atoms with Crippen LogP contribution in [0.2, 0.25) is 0 Å². The van der Waals surface area contributed by atoms with Gasteiger partial charge >= 0.3 is 0 Å². The van der Waals surface area contributed by atoms with Crippen molar-refractivity contribution in [3.8, 4) is 0 Å². The van der Waals surface area contributed by atoms with Gasteiger partial charge < -0.3 is 4.98 Å². The molecule has 3 aromatic rings. The number of benzene rings is 1. The van der Waals surface area contributed by atoms with Crippen molar-refractivity contribution in [1.29, 1.82) is 0 Å². The van der Waals surface area contributed by atoms with Crippen molar-refractivity contribution in [1.82, 2.24) is 15.0 Å². The number of fused-ring (bicyclic) bond motifs is 1. The zero-order valence-electron chi connectivity index (χ0n) is 9.91. The molecule has 2 N–H and O–H groups in total. The third-order valence-electron chi connectivity index (χ3n) is 2.48. The summed E-state index contributed by atoms with van der Waals surface area (Å²) in [6, 6.07) is 7.48. The highest BCUT2D eigenvalue weighted by molar-refractivity contribution is 7.92. The highest BCUT2D eigenvalue weighted by Crippen LogP contribution is 2.26. The Bertz CT molecular complexity index is 802. The molecule has 0 amide bonds. The highest BCUT2D eigenvalue weighted by Gasteiger charge is 2.18. The predicted molar refractivity (Wildman–Crippen MR) is 73.8 cm³/mol. The summed E-state index contributed by atoms with van der Waals surface area (Å²) in [5.41, 5.74) is 0.769. The van der Waals surface area contributed by atoms with Gasteiger partial charge in [0.2, 0.25) is 0 Å². The van der Waals surface area contributed by atoms with Gasteiger partial charge in [0, 0.05) is 0 Å². The molecule has 0 aliphatic carbocycles. The van der Waals surface area contributed by atoms with E-state index in [1.54, 1.807) is 6.92 Å². The maximum Gasteiger partial charge on any atom is 0.280 e. The van der Waals surface area contributed by atoms with Gasteiger partial charge in [0.15, 0.2) is 10.2 Å². The number of imidazole rings is 1. The number of aromatic amines is 1. The van der Waals surface area contributed by atoms with Gasteiger partial charge in [-0.2, -0.15) is 8.42 Å². The smallest absolute Gasteiger partial charge is 0.280 e. The van der Waals surface area contributed by atoms with E-state index in [0.717, 1.165) is 10.2 Å². The molecule has 3 rings (SSSR count). The molecule has 1 aromatic carbocycles. The van der Waals surface area contributed by atoms with Crippen LogP contribution in [0.15, 0.2) is 35.5 Å². The minimum Gasteiger partial charge on any atom is -0.332 e. The zero-order chi connectivity index (χ0) is 13.5. The molecular formula is C11H10N4O2S2. The molecule has 0 bridgehead atoms. The maximum absolute atomic E-state index is 12.1. The Morgan fingerprint density at radius 1 is 1.32 bits per heavy atom. The topological polar surface area (TPSA) is 87.7 Å². The molecule has 19 heavy (non-hydrogen) atoms. The van der Waals surface area contributed by atoms with E-state index in [2.05, 4.69) is 19.7 Å². The second kappa shape index (κ2) is 4.32. The fourth-order valence-corrected chi connectivity index (χ4v) is 3.69. The number of nitrogens with zero attached hydrogens (tertiary/aromatic N) is 2. The average molecular weight is 294 g/mol. The van der Waals surface area contributed by atoms with Gasteiger partial charge in [-0.15, -0.1) is 0 Å². The summed E-state index contributed by atoms with van der Waals surface area (Å²) in [6.45, 7) is 1.69. The number of hydrogen-bond acceptors (Lipinski definition) is 5. The van der Waals surface area contributed by atoms with E-state index in [9.17, 15) is 8.42 Å². The Balaban J connectivity index is 1.96. The average Bonchev–Trinajstić information content (AvgIpc) is 2.94. The monoisotopic (exact) mass is 294 g/mol. The van der Waals surface area contributed by atoms with Crippen LogP contribution in [0.3, 0.4) is 0 Å². The van der Waals surface area contributed by atoms with Gasteiger partial charge in [-0.25, -0.2) is 9.97 Å². The predicted octanol–water partition coefficient (Wildman–Crippen LogP) is 2.13. The summed E-state index contributed by atoms with van der Waals surface area (Å²) in [6.07, 6.45) is 1.28. The Morgan fingerprint density at radius 3 is 2.79 bits per heavy atom. The van der Waals surface area contributed by atoms with Crippen molar-refractivity contribution in [3.05, 3.63) is 36.3 Å². The minimum absolute atomic E-state index is 0.0317. The minimum atomic E-state index is -3.66. The molecule has 0 spiro atoms. The van der Waals surface area contributed by atoms with E-state index in [-0.39, 0.29) is 5.03 Å². The zero-order valence-corrected chi connectivity index (χ0v) is 11.5. The number of H-pyrrole nitrogens is 1. The molecule has 0 saturated carbocycles. The molecule has 2 heterocycles. The van der Waals surface area contributed by atoms with Gasteiger partial charge in [-0.3, -0.25) is 4.72 Å². The summed E-state index contributed by atoms with van der Waals surface area (Å²) >= 11 is 1.29. The first-order valence-corrected chi connectivity index (χ1v) is 7.74. The first kappa shape index (κ1) is 12.1. The van der Waals surface area contributed by atoms with E-state index >= 15 is 0 Å². The number of anilines is 1. The van der Waals surface area contributed by atoms with Crippen LogP contribution in [0.25, 0.3) is 10.2 Å². The Labute approximate surface area is 113 Å². The molecule has 6 nitrogen and oxygen atoms in total. The lowest BCUT2D eigenvalue weighted by Gasteiger charge is -2.01. The highest BCUT2D eigenvalue weighted by atomic mass is 32.2. The van der Waals surface area contributed by atoms with Crippen LogP contribution >= 0.6 is 11.3 Å². The van der Waals surface area contributed by atoms with Crippen molar-refractivity contribution in [2.24, 2.45) is 0 Å². The molecule has 0 radical (unpaired) electrons. The van der Waals surface area contributed by atoms with Crippen LogP contribution in [0.5, 0.6) is 0 Å². The van der Waals surface area contributed by atoms with Gasteiger partial charge in [-0.1, -0.05) is 23.5 Å². The number of sulfonamides is 1. The molecule has 0 saturated heterocycles. The number of aromatic nitrogens is 3. The lowest BCUT2D eigenvalue weighted by Crippen LogP contribution is -2.13. The van der Waals surface area contributed by atoms with E-state index in [4.69, 9.17) is 0 Å². The second-order valence-corrected chi connectivity index (χ2v) is 6.61. The van der Waals surface area contributed by atoms with Crippen LogP contribution in [0.4, 0.5) is 5.13 Å². The van der Waals surface area contributed by atoms with Crippen molar-refractivity contribution in [2.75, 3.05) is 4.72 Å². The quantitative estimate of drug-likeness (QED) is 0.774. The summed E-state index contributed by atoms with van der Waals surface area (Å²) in [4.78, 5) is 10.8. The van der Waals surface area contributed by atoms with E-state index in [1.807, 2.05) is 24.3 Å². The Hall–Kier alpha value is -1.93. The lowest BCUT2D eigenvalue weighted by molar-refractivity contribution is 0.598. The summed E-state index contributed by atoms with van der Waals surface area (Å²) in [5.74, 6) is 0.546. The van der Waals surface area contributed by atoms with E-state index in [1.165, 1.54) is 17.5 Å². The van der Waals surface area contributed by atoms with E-state index < -0.39 is 10.0 Å². The van der Waals surface area contributed by atoms with Crippen molar-refractivity contribution in [2.45, 2.75) is 11.9 Å². The third-order valence-corrected chi connectivity index (χ3v) is 4.81. The fraction of sp³-hybridized carbons (Fsp3) is 0.0909. The largest absolute Gasteiger partial charge is 0.332 e. The molecule has 0 aliphatic rings. The van der Waals surface area contributed by atoms with Crippen LogP contribution in [0, 0.1) is 6.92 Å². The number of aryl methyl sites for hydroxylation is 1. The number of para-hydroxylation sites is 1. The molecule has 0 unspecified atom stereocenters. The van der Waals surface area contributed by atoms with Crippen molar-refractivity contribution < 1.29 is 8.42 Å². The summed E-state index contributed by atoms with van der Waals surface area (Å²) in [5, 5.41) is 0.373. The van der Waals surface area contributed by atoms with Gasteiger partial charge in [-0.05, 0) is 19.1 Å². The normalized spacial score (nSPS) is 11.8. The molecule has 2 aromatic heterocycles. The Kier molecular flexibility index (Phi) is 2.76. The molecule has 0 aliphatic heterocycles. The van der Waals surface area contributed by atoms with Crippen LogP contribution in [-0.4, -0.2) is 23.4 Å². The van der Waals surface area contributed by atoms with Gasteiger partial charge in [0.05, 0.1) is 16.4 Å². The van der Waals surface area contributed by atoms with Gasteiger partial charge in [0.1, 0.15) is 5.82 Å². The third kappa shape index (κ3) is 2.32. The van der Waals surface area contributed by atoms with Crippen molar-refractivity contribution >= 4 is 36.7 Å². The molecule has 0 atom stereocenters. The van der Waals surface area contributed by atoms with Crippen molar-refractivity contribution in [3.63, 3.8) is 0 Å². The number of nitrogens with one attached hydrogen (secondary N) is 2. The summed E-state index contributed by atoms with van der Waals surface area (Å²) < 4.78 is 27.5. The fourth-order valence-electron chi connectivity index (χ4n) is 1.62. The van der Waals surface area contributed by atoms with Crippen LogP contribution in [-0.2, 0) is 10.0 Å². The summed E-state index contributed by atoms with van der Waals surface area (Å²) in [7, 11) is -3.66.